The molecule has 0 spiro atoms. The molecule has 32 heavy (non-hydrogen) atoms. The Kier molecular flexibility index (Phi) is 9.39. The van der Waals surface area contributed by atoms with Crippen molar-refractivity contribution in [3.63, 3.8) is 0 Å². The van der Waals surface area contributed by atoms with Crippen LogP contribution in [0.1, 0.15) is 31.2 Å². The number of carbonyl (C=O) groups is 4. The summed E-state index contributed by atoms with van der Waals surface area (Å²) in [5.41, 5.74) is 0.512. The largest absolute Gasteiger partial charge is 0.468 e. The quantitative estimate of drug-likeness (QED) is 0.233. The standard InChI is InChI=1S/C20H24ClN3O8/c1-31-19(27)15(21)8-9-17(25)22-11-18(26)23-10-2-3-16(23)20(28)32-12-13-4-6-14(7-5-13)24(29)30/h4-7,15-16H,2-3,8-12H2,1H3,(H,22,25)/t15?,16-/m0/s1. The molecule has 1 aromatic carbocycles. The van der Waals surface area contributed by atoms with E-state index in [0.717, 1.165) is 0 Å². The fraction of sp³-hybridized carbons (Fsp3) is 0.500. The highest BCUT2D eigenvalue weighted by Crippen LogP contribution is 2.20. The average Bonchev–Trinajstić information content (AvgIpc) is 3.29. The number of non-ortho nitro benzene ring substituents is 1. The number of nitrogens with zero attached hydrogens (tertiary/aromatic N) is 2. The Morgan fingerprint density at radius 2 is 1.97 bits per heavy atom. The lowest BCUT2D eigenvalue weighted by Crippen LogP contribution is -2.46. The molecule has 1 aromatic rings. The van der Waals surface area contributed by atoms with E-state index in [1.807, 2.05) is 0 Å². The molecule has 0 saturated carbocycles. The third-order valence-electron chi connectivity index (χ3n) is 4.89. The summed E-state index contributed by atoms with van der Waals surface area (Å²) in [6, 6.07) is 4.85. The molecule has 11 nitrogen and oxygen atoms in total. The van der Waals surface area contributed by atoms with Crippen LogP contribution >= 0.6 is 11.6 Å². The van der Waals surface area contributed by atoms with Gasteiger partial charge in [-0.15, -0.1) is 11.6 Å². The Hall–Kier alpha value is -3.21. The van der Waals surface area contributed by atoms with E-state index in [9.17, 15) is 29.3 Å². The van der Waals surface area contributed by atoms with Crippen LogP contribution in [0.2, 0.25) is 0 Å². The van der Waals surface area contributed by atoms with Crippen molar-refractivity contribution in [3.8, 4) is 0 Å². The first kappa shape index (κ1) is 25.1. The molecule has 0 bridgehead atoms. The molecular weight excluding hydrogens is 446 g/mol. The zero-order valence-corrected chi connectivity index (χ0v) is 18.2. The van der Waals surface area contributed by atoms with Gasteiger partial charge in [0.05, 0.1) is 18.6 Å². The van der Waals surface area contributed by atoms with Crippen LogP contribution < -0.4 is 5.32 Å². The number of hydrogen-bond acceptors (Lipinski definition) is 8. The monoisotopic (exact) mass is 469 g/mol. The van der Waals surface area contributed by atoms with Crippen LogP contribution in [-0.2, 0) is 35.3 Å². The van der Waals surface area contributed by atoms with E-state index >= 15 is 0 Å². The molecule has 1 fully saturated rings. The summed E-state index contributed by atoms with van der Waals surface area (Å²) in [4.78, 5) is 59.6. The topological polar surface area (TPSA) is 145 Å². The molecule has 1 unspecified atom stereocenters. The second kappa shape index (κ2) is 12.0. The predicted molar refractivity (Wildman–Crippen MR) is 112 cm³/mol. The number of methoxy groups -OCH3 is 1. The summed E-state index contributed by atoms with van der Waals surface area (Å²) in [6.07, 6.45) is 1.06. The molecule has 0 aliphatic carbocycles. The molecule has 12 heteroatoms. The highest BCUT2D eigenvalue weighted by molar-refractivity contribution is 6.29. The van der Waals surface area contributed by atoms with Gasteiger partial charge in [0, 0.05) is 25.1 Å². The molecule has 2 amide bonds. The van der Waals surface area contributed by atoms with Crippen molar-refractivity contribution in [3.05, 3.63) is 39.9 Å². The Bertz CT molecular complexity index is 861. The number of amides is 2. The zero-order chi connectivity index (χ0) is 23.7. The SMILES string of the molecule is COC(=O)C(Cl)CCC(=O)NCC(=O)N1CCC[C@H]1C(=O)OCc1ccc([N+](=O)[O-])cc1. The number of nitro benzene ring substituents is 1. The minimum absolute atomic E-state index is 0.0583. The average molecular weight is 470 g/mol. The van der Waals surface area contributed by atoms with Crippen molar-refractivity contribution in [2.24, 2.45) is 0 Å². The van der Waals surface area contributed by atoms with E-state index in [2.05, 4.69) is 10.1 Å². The fourth-order valence-corrected chi connectivity index (χ4v) is 3.34. The highest BCUT2D eigenvalue weighted by Gasteiger charge is 2.35. The predicted octanol–water partition coefficient (Wildman–Crippen LogP) is 1.31. The van der Waals surface area contributed by atoms with E-state index < -0.39 is 40.1 Å². The third kappa shape index (κ3) is 7.19. The Labute approximate surface area is 189 Å². The molecule has 1 heterocycles. The van der Waals surface area contributed by atoms with Crippen molar-refractivity contribution in [1.29, 1.82) is 0 Å². The maximum atomic E-state index is 12.5. The van der Waals surface area contributed by atoms with Crippen molar-refractivity contribution in [1.82, 2.24) is 10.2 Å². The van der Waals surface area contributed by atoms with E-state index in [1.54, 1.807) is 0 Å². The van der Waals surface area contributed by atoms with Gasteiger partial charge in [-0.1, -0.05) is 0 Å². The van der Waals surface area contributed by atoms with Gasteiger partial charge in [0.15, 0.2) is 0 Å². The van der Waals surface area contributed by atoms with Gasteiger partial charge in [-0.05, 0) is 37.0 Å². The van der Waals surface area contributed by atoms with Crippen LogP contribution in [0.5, 0.6) is 0 Å². The molecular formula is C20H24ClN3O8. The van der Waals surface area contributed by atoms with Crippen LogP contribution in [0, 0.1) is 10.1 Å². The van der Waals surface area contributed by atoms with Gasteiger partial charge in [-0.2, -0.15) is 0 Å². The highest BCUT2D eigenvalue weighted by atomic mass is 35.5. The number of nitrogens with one attached hydrogen (secondary N) is 1. The van der Waals surface area contributed by atoms with E-state index in [0.29, 0.717) is 24.9 Å². The Morgan fingerprint density at radius 1 is 1.28 bits per heavy atom. The lowest BCUT2D eigenvalue weighted by atomic mass is 10.2. The van der Waals surface area contributed by atoms with Gasteiger partial charge in [0.2, 0.25) is 11.8 Å². The first-order valence-corrected chi connectivity index (χ1v) is 10.3. The van der Waals surface area contributed by atoms with Crippen molar-refractivity contribution in [2.75, 3.05) is 20.2 Å². The van der Waals surface area contributed by atoms with Gasteiger partial charge in [0.1, 0.15) is 18.0 Å². The van der Waals surface area contributed by atoms with Crippen LogP contribution in [-0.4, -0.2) is 65.2 Å². The molecule has 2 atom stereocenters. The first-order chi connectivity index (χ1) is 15.2. The van der Waals surface area contributed by atoms with Gasteiger partial charge >= 0.3 is 11.9 Å². The van der Waals surface area contributed by atoms with Crippen molar-refractivity contribution >= 4 is 41.0 Å². The smallest absolute Gasteiger partial charge is 0.329 e. The number of nitro groups is 1. The lowest BCUT2D eigenvalue weighted by molar-refractivity contribution is -0.384. The van der Waals surface area contributed by atoms with Gasteiger partial charge < -0.3 is 19.7 Å². The van der Waals surface area contributed by atoms with Crippen LogP contribution in [0.15, 0.2) is 24.3 Å². The van der Waals surface area contributed by atoms with Crippen LogP contribution in [0.3, 0.4) is 0 Å². The Morgan fingerprint density at radius 3 is 2.59 bits per heavy atom. The van der Waals surface area contributed by atoms with Gasteiger partial charge in [-0.25, -0.2) is 4.79 Å². The number of esters is 2. The molecule has 1 aliphatic rings. The maximum Gasteiger partial charge on any atom is 0.329 e. The molecule has 1 saturated heterocycles. The third-order valence-corrected chi connectivity index (χ3v) is 5.29. The first-order valence-electron chi connectivity index (χ1n) is 9.91. The number of alkyl halides is 1. The summed E-state index contributed by atoms with van der Waals surface area (Å²) in [5.74, 6) is -2.10. The minimum Gasteiger partial charge on any atom is -0.468 e. The number of halogens is 1. The molecule has 1 N–H and O–H groups in total. The molecule has 0 radical (unpaired) electrons. The number of carbonyl (C=O) groups excluding carboxylic acids is 4. The summed E-state index contributed by atoms with van der Waals surface area (Å²) in [7, 11) is 1.19. The van der Waals surface area contributed by atoms with E-state index in [4.69, 9.17) is 16.3 Å². The number of hydrogen-bond donors (Lipinski definition) is 1. The number of likely N-dealkylation sites (tertiary alicyclic amines) is 1. The van der Waals surface area contributed by atoms with Gasteiger partial charge in [0.25, 0.3) is 5.69 Å². The number of benzene rings is 1. The molecule has 1 aliphatic heterocycles. The lowest BCUT2D eigenvalue weighted by Gasteiger charge is -2.23. The van der Waals surface area contributed by atoms with Crippen LogP contribution in [0.25, 0.3) is 0 Å². The van der Waals surface area contributed by atoms with E-state index in [-0.39, 0.29) is 31.7 Å². The van der Waals surface area contributed by atoms with Crippen molar-refractivity contribution < 1.29 is 33.6 Å². The van der Waals surface area contributed by atoms with Crippen LogP contribution in [0.4, 0.5) is 5.69 Å². The summed E-state index contributed by atoms with van der Waals surface area (Å²) >= 11 is 5.78. The fourth-order valence-electron chi connectivity index (χ4n) is 3.14. The normalized spacial score (nSPS) is 16.2. The Balaban J connectivity index is 1.79. The second-order valence-corrected chi connectivity index (χ2v) is 7.61. The number of rotatable bonds is 10. The minimum atomic E-state index is -0.949. The maximum absolute atomic E-state index is 12.5. The number of ether oxygens (including phenoxy) is 2. The van der Waals surface area contributed by atoms with Gasteiger partial charge in [-0.3, -0.25) is 24.5 Å². The van der Waals surface area contributed by atoms with Crippen molar-refractivity contribution in [2.45, 2.75) is 43.7 Å². The summed E-state index contributed by atoms with van der Waals surface area (Å²) in [6.45, 7) is -0.0138. The molecule has 2 rings (SSSR count). The molecule has 174 valence electrons. The second-order valence-electron chi connectivity index (χ2n) is 7.08. The summed E-state index contributed by atoms with van der Waals surface area (Å²) < 4.78 is 9.74. The van der Waals surface area contributed by atoms with E-state index in [1.165, 1.54) is 36.3 Å². The zero-order valence-electron chi connectivity index (χ0n) is 17.5. The molecule has 0 aromatic heterocycles. The summed E-state index contributed by atoms with van der Waals surface area (Å²) in [5, 5.41) is 12.2.